The summed E-state index contributed by atoms with van der Waals surface area (Å²) in [6, 6.07) is -0.238. The number of aromatic nitrogens is 1. The summed E-state index contributed by atoms with van der Waals surface area (Å²) in [4.78, 5) is 27.9. The van der Waals surface area contributed by atoms with Crippen molar-refractivity contribution in [3.8, 4) is 0 Å². The number of carbonyl (C=O) groups is 2. The molecule has 0 aromatic carbocycles. The summed E-state index contributed by atoms with van der Waals surface area (Å²) in [6.07, 6.45) is 6.57. The average molecular weight is 310 g/mol. The van der Waals surface area contributed by atoms with Crippen LogP contribution in [-0.2, 0) is 4.79 Å². The summed E-state index contributed by atoms with van der Waals surface area (Å²) in [5, 5.41) is 12.7. The zero-order valence-electron chi connectivity index (χ0n) is 12.5. The van der Waals surface area contributed by atoms with E-state index in [2.05, 4.69) is 10.3 Å². The molecular formula is C15H22N2O3S. The van der Waals surface area contributed by atoms with Crippen molar-refractivity contribution in [1.82, 2.24) is 10.3 Å². The molecule has 21 heavy (non-hydrogen) atoms. The van der Waals surface area contributed by atoms with E-state index in [1.807, 2.05) is 6.92 Å². The van der Waals surface area contributed by atoms with Crippen molar-refractivity contribution in [2.75, 3.05) is 0 Å². The molecular weight excluding hydrogens is 288 g/mol. The second-order valence-corrected chi connectivity index (χ2v) is 6.72. The maximum Gasteiger partial charge on any atom is 0.347 e. The lowest BCUT2D eigenvalue weighted by molar-refractivity contribution is -0.126. The Labute approximate surface area is 128 Å². The molecule has 0 aliphatic heterocycles. The third kappa shape index (κ3) is 4.03. The van der Waals surface area contributed by atoms with Crippen LogP contribution in [0.3, 0.4) is 0 Å². The Morgan fingerprint density at radius 1 is 1.29 bits per heavy atom. The van der Waals surface area contributed by atoms with Crippen LogP contribution >= 0.6 is 11.3 Å². The Balaban J connectivity index is 1.99. The fourth-order valence-electron chi connectivity index (χ4n) is 2.74. The summed E-state index contributed by atoms with van der Waals surface area (Å²) in [5.74, 6) is -0.789. The molecule has 1 saturated carbocycles. The summed E-state index contributed by atoms with van der Waals surface area (Å²) in [7, 11) is 0. The molecule has 1 aliphatic rings. The fourth-order valence-corrected chi connectivity index (χ4v) is 3.64. The lowest BCUT2D eigenvalue weighted by Gasteiger charge is -2.17. The molecule has 1 unspecified atom stereocenters. The van der Waals surface area contributed by atoms with Crippen LogP contribution < -0.4 is 5.32 Å². The van der Waals surface area contributed by atoms with E-state index in [1.54, 1.807) is 6.92 Å². The van der Waals surface area contributed by atoms with Gasteiger partial charge in [-0.2, -0.15) is 0 Å². The Bertz CT molecular complexity index is 519. The number of rotatable bonds is 4. The molecule has 1 heterocycles. The van der Waals surface area contributed by atoms with E-state index >= 15 is 0 Å². The lowest BCUT2D eigenvalue weighted by atomic mass is 9.99. The Kier molecular flexibility index (Phi) is 5.33. The van der Waals surface area contributed by atoms with Gasteiger partial charge in [0.05, 0.1) is 11.7 Å². The van der Waals surface area contributed by atoms with E-state index in [1.165, 1.54) is 12.8 Å². The number of carboxylic acids is 1. The highest BCUT2D eigenvalue weighted by atomic mass is 32.1. The highest BCUT2D eigenvalue weighted by molar-refractivity contribution is 7.13. The van der Waals surface area contributed by atoms with Crippen LogP contribution in [0.15, 0.2) is 0 Å². The molecule has 116 valence electrons. The minimum atomic E-state index is -0.960. The zero-order valence-corrected chi connectivity index (χ0v) is 13.3. The van der Waals surface area contributed by atoms with Gasteiger partial charge in [-0.1, -0.05) is 25.7 Å². The summed E-state index contributed by atoms with van der Waals surface area (Å²) in [6.45, 7) is 3.54. The Hall–Kier alpha value is -1.43. The minimum Gasteiger partial charge on any atom is -0.477 e. The molecule has 2 rings (SSSR count). The smallest absolute Gasteiger partial charge is 0.347 e. The number of nitrogens with zero attached hydrogens (tertiary/aromatic N) is 1. The highest BCUT2D eigenvalue weighted by Gasteiger charge is 2.24. The van der Waals surface area contributed by atoms with Gasteiger partial charge in [0.25, 0.3) is 0 Å². The third-order valence-corrected chi connectivity index (χ3v) is 5.29. The number of carboxylic acid groups (broad SMARTS) is 1. The van der Waals surface area contributed by atoms with Crippen LogP contribution in [0.5, 0.6) is 0 Å². The van der Waals surface area contributed by atoms with Crippen molar-refractivity contribution in [2.24, 2.45) is 5.92 Å². The largest absolute Gasteiger partial charge is 0.477 e. The van der Waals surface area contributed by atoms with Gasteiger partial charge in [0.1, 0.15) is 9.88 Å². The molecule has 1 aromatic rings. The van der Waals surface area contributed by atoms with Gasteiger partial charge in [-0.3, -0.25) is 4.79 Å². The van der Waals surface area contributed by atoms with Crippen molar-refractivity contribution in [1.29, 1.82) is 0 Å². The molecule has 1 aromatic heterocycles. The second-order valence-electron chi connectivity index (χ2n) is 5.69. The fraction of sp³-hybridized carbons (Fsp3) is 0.667. The monoisotopic (exact) mass is 310 g/mol. The first-order chi connectivity index (χ1) is 9.99. The molecule has 1 atom stereocenters. The van der Waals surface area contributed by atoms with Gasteiger partial charge in [0.2, 0.25) is 5.91 Å². The van der Waals surface area contributed by atoms with Crippen molar-refractivity contribution < 1.29 is 14.7 Å². The van der Waals surface area contributed by atoms with Gasteiger partial charge in [-0.15, -0.1) is 11.3 Å². The van der Waals surface area contributed by atoms with Crippen molar-refractivity contribution in [2.45, 2.75) is 58.4 Å². The van der Waals surface area contributed by atoms with Crippen molar-refractivity contribution >= 4 is 23.2 Å². The van der Waals surface area contributed by atoms with Gasteiger partial charge >= 0.3 is 5.97 Å². The van der Waals surface area contributed by atoms with Crippen molar-refractivity contribution in [3.63, 3.8) is 0 Å². The van der Waals surface area contributed by atoms with Crippen LogP contribution in [0.4, 0.5) is 0 Å². The van der Waals surface area contributed by atoms with Crippen LogP contribution in [0.25, 0.3) is 0 Å². The SMILES string of the molecule is Cc1nc(C(C)NC(=O)C2CCCCCC2)sc1C(=O)O. The highest BCUT2D eigenvalue weighted by Crippen LogP contribution is 2.26. The van der Waals surface area contributed by atoms with E-state index in [0.717, 1.165) is 37.0 Å². The number of amides is 1. The van der Waals surface area contributed by atoms with Crippen molar-refractivity contribution in [3.05, 3.63) is 15.6 Å². The van der Waals surface area contributed by atoms with E-state index in [0.29, 0.717) is 10.7 Å². The molecule has 0 spiro atoms. The molecule has 0 saturated heterocycles. The molecule has 0 bridgehead atoms. The minimum absolute atomic E-state index is 0.0779. The Morgan fingerprint density at radius 2 is 1.90 bits per heavy atom. The number of aromatic carboxylic acids is 1. The quantitative estimate of drug-likeness (QED) is 0.836. The Morgan fingerprint density at radius 3 is 2.43 bits per heavy atom. The predicted molar refractivity (Wildman–Crippen MR) is 81.6 cm³/mol. The first-order valence-corrected chi connectivity index (χ1v) is 8.31. The van der Waals surface area contributed by atoms with E-state index in [9.17, 15) is 9.59 Å². The molecule has 1 amide bonds. The van der Waals surface area contributed by atoms with Gasteiger partial charge < -0.3 is 10.4 Å². The van der Waals surface area contributed by atoms with E-state index in [-0.39, 0.29) is 22.7 Å². The number of carbonyl (C=O) groups excluding carboxylic acids is 1. The molecule has 1 aliphatic carbocycles. The lowest BCUT2D eigenvalue weighted by Crippen LogP contribution is -2.32. The molecule has 2 N–H and O–H groups in total. The van der Waals surface area contributed by atoms with E-state index in [4.69, 9.17) is 5.11 Å². The number of hydrogen-bond acceptors (Lipinski definition) is 4. The number of aryl methyl sites for hydroxylation is 1. The predicted octanol–water partition coefficient (Wildman–Crippen LogP) is 3.30. The molecule has 5 nitrogen and oxygen atoms in total. The van der Waals surface area contributed by atoms with E-state index < -0.39 is 5.97 Å². The standard InChI is InChI=1S/C15H22N2O3S/c1-9-12(15(19)20)21-14(17-9)10(2)16-13(18)11-7-5-3-4-6-8-11/h10-11H,3-8H2,1-2H3,(H,16,18)(H,19,20). The van der Waals surface area contributed by atoms with Crippen LogP contribution in [0, 0.1) is 12.8 Å². The zero-order chi connectivity index (χ0) is 15.4. The number of thiazole rings is 1. The van der Waals surface area contributed by atoms with Gasteiger partial charge in [-0.25, -0.2) is 9.78 Å². The van der Waals surface area contributed by atoms with Gasteiger partial charge in [0.15, 0.2) is 0 Å². The van der Waals surface area contributed by atoms with Gasteiger partial charge in [-0.05, 0) is 26.7 Å². The van der Waals surface area contributed by atoms with Crippen LogP contribution in [-0.4, -0.2) is 22.0 Å². The second kappa shape index (κ2) is 7.02. The number of nitrogens with one attached hydrogen (secondary N) is 1. The van der Waals surface area contributed by atoms with Gasteiger partial charge in [0, 0.05) is 5.92 Å². The van der Waals surface area contributed by atoms with Crippen LogP contribution in [0.2, 0.25) is 0 Å². The van der Waals surface area contributed by atoms with Crippen LogP contribution in [0.1, 0.15) is 71.9 Å². The summed E-state index contributed by atoms with van der Waals surface area (Å²) >= 11 is 1.14. The maximum atomic E-state index is 12.3. The molecule has 6 heteroatoms. The normalized spacial score (nSPS) is 18.0. The third-order valence-electron chi connectivity index (χ3n) is 3.96. The first-order valence-electron chi connectivity index (χ1n) is 7.50. The molecule has 0 radical (unpaired) electrons. The topological polar surface area (TPSA) is 79.3 Å². The summed E-state index contributed by atoms with van der Waals surface area (Å²) in [5.41, 5.74) is 0.512. The first kappa shape index (κ1) is 15.9. The summed E-state index contributed by atoms with van der Waals surface area (Å²) < 4.78 is 0. The average Bonchev–Trinajstić information content (AvgIpc) is 2.65. The maximum absolute atomic E-state index is 12.3. The number of hydrogen-bond donors (Lipinski definition) is 2. The molecule has 1 fully saturated rings.